The van der Waals surface area contributed by atoms with E-state index in [0.717, 1.165) is 11.2 Å². The summed E-state index contributed by atoms with van der Waals surface area (Å²) in [6.45, 7) is 4.10. The molecule has 17 heavy (non-hydrogen) atoms. The van der Waals surface area contributed by atoms with E-state index in [1.54, 1.807) is 6.92 Å². The first kappa shape index (κ1) is 14.2. The fourth-order valence-electron chi connectivity index (χ4n) is 1.45. The molecule has 0 unspecified atom stereocenters. The molecule has 0 aromatic carbocycles. The number of pyridine rings is 1. The minimum absolute atomic E-state index is 0. The number of halogens is 2. The zero-order valence-corrected chi connectivity index (χ0v) is 12.7. The van der Waals surface area contributed by atoms with Gasteiger partial charge in [-0.05, 0) is 41.4 Å². The van der Waals surface area contributed by atoms with Gasteiger partial charge in [-0.2, -0.15) is 0 Å². The summed E-state index contributed by atoms with van der Waals surface area (Å²) in [5.41, 5.74) is 2.13. The maximum absolute atomic E-state index is 11.6. The molecule has 2 aromatic heterocycles. The molecule has 2 heterocycles. The van der Waals surface area contributed by atoms with Gasteiger partial charge in [0.25, 0.3) is 0 Å². The number of nitrogens with zero attached hydrogens (tertiary/aromatic N) is 2. The van der Waals surface area contributed by atoms with Crippen LogP contribution in [0.2, 0.25) is 0 Å². The van der Waals surface area contributed by atoms with Crippen molar-refractivity contribution in [3.8, 4) is 0 Å². The molecule has 0 spiro atoms. The minimum Gasteiger partial charge on any atom is -0.461 e. The number of hydrogen-bond donors (Lipinski definition) is 0. The third-order valence-electron chi connectivity index (χ3n) is 2.18. The molecular formula is C11H12Br2N2O2. The van der Waals surface area contributed by atoms with Crippen LogP contribution in [0.1, 0.15) is 23.0 Å². The number of aryl methyl sites for hydroxylation is 1. The van der Waals surface area contributed by atoms with Crippen molar-refractivity contribution < 1.29 is 9.53 Å². The molecule has 2 aromatic rings. The quantitative estimate of drug-likeness (QED) is 0.770. The van der Waals surface area contributed by atoms with Crippen molar-refractivity contribution in [1.29, 1.82) is 0 Å². The lowest BCUT2D eigenvalue weighted by molar-refractivity contribution is 0.0519. The summed E-state index contributed by atoms with van der Waals surface area (Å²) in [5.74, 6) is -0.407. The van der Waals surface area contributed by atoms with Crippen LogP contribution in [0, 0.1) is 6.92 Å². The monoisotopic (exact) mass is 362 g/mol. The summed E-state index contributed by atoms with van der Waals surface area (Å²) in [5, 5.41) is 0. The Bertz CT molecular complexity index is 552. The maximum atomic E-state index is 11.6. The second-order valence-electron chi connectivity index (χ2n) is 3.41. The highest BCUT2D eigenvalue weighted by Gasteiger charge is 2.17. The highest BCUT2D eigenvalue weighted by molar-refractivity contribution is 9.10. The number of ether oxygens (including phenoxy) is 1. The zero-order valence-electron chi connectivity index (χ0n) is 9.44. The molecule has 0 aliphatic carbocycles. The molecule has 0 aliphatic rings. The average Bonchev–Trinajstić information content (AvgIpc) is 2.57. The zero-order chi connectivity index (χ0) is 11.7. The van der Waals surface area contributed by atoms with E-state index in [4.69, 9.17) is 4.74 Å². The van der Waals surface area contributed by atoms with Crippen LogP contribution in [0.4, 0.5) is 0 Å². The number of aromatic nitrogens is 2. The SMILES string of the molecule is Br.CCOC(=O)c1nc2ccc(C)cn2c1Br. The van der Waals surface area contributed by atoms with Crippen LogP contribution >= 0.6 is 32.9 Å². The lowest BCUT2D eigenvalue weighted by atomic mass is 10.3. The second kappa shape index (κ2) is 5.64. The molecule has 6 heteroatoms. The third kappa shape index (κ3) is 2.69. The van der Waals surface area contributed by atoms with Crippen molar-refractivity contribution in [1.82, 2.24) is 9.38 Å². The van der Waals surface area contributed by atoms with Gasteiger partial charge in [0.1, 0.15) is 10.3 Å². The molecule has 0 bridgehead atoms. The van der Waals surface area contributed by atoms with Gasteiger partial charge < -0.3 is 4.74 Å². The number of carbonyl (C=O) groups excluding carboxylic acids is 1. The van der Waals surface area contributed by atoms with E-state index in [1.165, 1.54) is 0 Å². The first-order chi connectivity index (χ1) is 7.63. The molecule has 0 atom stereocenters. The van der Waals surface area contributed by atoms with Crippen molar-refractivity contribution in [3.05, 3.63) is 34.2 Å². The second-order valence-corrected chi connectivity index (χ2v) is 4.16. The summed E-state index contributed by atoms with van der Waals surface area (Å²) in [6.07, 6.45) is 1.91. The summed E-state index contributed by atoms with van der Waals surface area (Å²) >= 11 is 3.36. The molecule has 2 rings (SSSR count). The number of carbonyl (C=O) groups is 1. The normalized spacial score (nSPS) is 10.1. The molecular weight excluding hydrogens is 352 g/mol. The highest BCUT2D eigenvalue weighted by Crippen LogP contribution is 2.20. The summed E-state index contributed by atoms with van der Waals surface area (Å²) in [4.78, 5) is 15.8. The van der Waals surface area contributed by atoms with Crippen molar-refractivity contribution in [2.75, 3.05) is 6.61 Å². The Morgan fingerprint density at radius 1 is 1.53 bits per heavy atom. The molecule has 0 radical (unpaired) electrons. The summed E-state index contributed by atoms with van der Waals surface area (Å²) < 4.78 is 7.37. The van der Waals surface area contributed by atoms with Gasteiger partial charge in [-0.25, -0.2) is 9.78 Å². The van der Waals surface area contributed by atoms with Gasteiger partial charge in [0.2, 0.25) is 0 Å². The Morgan fingerprint density at radius 3 is 2.88 bits per heavy atom. The van der Waals surface area contributed by atoms with Crippen LogP contribution in [-0.2, 0) is 4.74 Å². The van der Waals surface area contributed by atoms with Gasteiger partial charge in [-0.15, -0.1) is 17.0 Å². The van der Waals surface area contributed by atoms with Gasteiger partial charge in [-0.3, -0.25) is 4.40 Å². The van der Waals surface area contributed by atoms with E-state index in [1.807, 2.05) is 29.7 Å². The van der Waals surface area contributed by atoms with Crippen molar-refractivity contribution >= 4 is 44.5 Å². The Morgan fingerprint density at radius 2 is 2.24 bits per heavy atom. The predicted molar refractivity (Wildman–Crippen MR) is 73.9 cm³/mol. The van der Waals surface area contributed by atoms with Crippen LogP contribution in [0.3, 0.4) is 0 Å². The fraction of sp³-hybridized carbons (Fsp3) is 0.273. The van der Waals surface area contributed by atoms with Gasteiger partial charge >= 0.3 is 5.97 Å². The minimum atomic E-state index is -0.407. The van der Waals surface area contributed by atoms with Crippen LogP contribution in [0.25, 0.3) is 5.65 Å². The maximum Gasteiger partial charge on any atom is 0.359 e. The summed E-state index contributed by atoms with van der Waals surface area (Å²) in [6, 6.07) is 3.81. The lowest BCUT2D eigenvalue weighted by Gasteiger charge is -1.98. The molecule has 0 amide bonds. The molecule has 4 nitrogen and oxygen atoms in total. The molecule has 0 N–H and O–H groups in total. The highest BCUT2D eigenvalue weighted by atomic mass is 79.9. The van der Waals surface area contributed by atoms with Gasteiger partial charge in [0.05, 0.1) is 6.61 Å². The first-order valence-corrected chi connectivity index (χ1v) is 5.74. The standard InChI is InChI=1S/C11H11BrN2O2.BrH/c1-3-16-11(15)9-10(12)14-6-7(2)4-5-8(14)13-9;/h4-6H,3H2,1-2H3;1H. The van der Waals surface area contributed by atoms with E-state index in [-0.39, 0.29) is 17.0 Å². The van der Waals surface area contributed by atoms with E-state index < -0.39 is 5.97 Å². The Hall–Kier alpha value is -0.880. The molecule has 0 saturated carbocycles. The van der Waals surface area contributed by atoms with E-state index in [0.29, 0.717) is 16.9 Å². The topological polar surface area (TPSA) is 43.6 Å². The number of esters is 1. The smallest absolute Gasteiger partial charge is 0.359 e. The van der Waals surface area contributed by atoms with Crippen molar-refractivity contribution in [2.24, 2.45) is 0 Å². The number of imidazole rings is 1. The largest absolute Gasteiger partial charge is 0.461 e. The molecule has 0 aliphatic heterocycles. The molecule has 0 fully saturated rings. The number of fused-ring (bicyclic) bond motifs is 1. The number of rotatable bonds is 2. The Balaban J connectivity index is 0.00000144. The van der Waals surface area contributed by atoms with Gasteiger partial charge in [0.15, 0.2) is 5.69 Å². The van der Waals surface area contributed by atoms with E-state index >= 15 is 0 Å². The number of hydrogen-bond acceptors (Lipinski definition) is 3. The average molecular weight is 364 g/mol. The van der Waals surface area contributed by atoms with E-state index in [2.05, 4.69) is 20.9 Å². The van der Waals surface area contributed by atoms with E-state index in [9.17, 15) is 4.79 Å². The van der Waals surface area contributed by atoms with Crippen molar-refractivity contribution in [3.63, 3.8) is 0 Å². The van der Waals surface area contributed by atoms with Gasteiger partial charge in [0, 0.05) is 6.20 Å². The third-order valence-corrected chi connectivity index (χ3v) is 2.93. The lowest BCUT2D eigenvalue weighted by Crippen LogP contribution is -2.05. The Labute approximate surface area is 118 Å². The Kier molecular flexibility index (Phi) is 4.70. The fourth-order valence-corrected chi connectivity index (χ4v) is 1.99. The predicted octanol–water partition coefficient (Wildman–Crippen LogP) is 3.16. The van der Waals surface area contributed by atoms with Crippen LogP contribution < -0.4 is 0 Å². The van der Waals surface area contributed by atoms with Crippen LogP contribution in [-0.4, -0.2) is 22.0 Å². The van der Waals surface area contributed by atoms with Gasteiger partial charge in [-0.1, -0.05) is 6.07 Å². The van der Waals surface area contributed by atoms with Crippen LogP contribution in [0.5, 0.6) is 0 Å². The van der Waals surface area contributed by atoms with Crippen molar-refractivity contribution in [2.45, 2.75) is 13.8 Å². The van der Waals surface area contributed by atoms with Crippen LogP contribution in [0.15, 0.2) is 22.9 Å². The first-order valence-electron chi connectivity index (χ1n) is 4.94. The molecule has 0 saturated heterocycles. The molecule has 92 valence electrons. The summed E-state index contributed by atoms with van der Waals surface area (Å²) in [7, 11) is 0.